The third-order valence-electron chi connectivity index (χ3n) is 5.79. The summed E-state index contributed by atoms with van der Waals surface area (Å²) in [5, 5.41) is 27.9. The Morgan fingerprint density at radius 1 is 1.17 bits per heavy atom. The number of rotatable bonds is 11. The van der Waals surface area contributed by atoms with Gasteiger partial charge in [-0.15, -0.1) is 5.10 Å². The Kier molecular flexibility index (Phi) is 8.78. The van der Waals surface area contributed by atoms with Gasteiger partial charge < -0.3 is 34.2 Å². The van der Waals surface area contributed by atoms with Crippen molar-refractivity contribution in [3.05, 3.63) is 74.8 Å². The van der Waals surface area contributed by atoms with E-state index in [1.807, 2.05) is 4.98 Å². The largest absolute Gasteiger partial charge is 0.461 e. The van der Waals surface area contributed by atoms with Crippen molar-refractivity contribution in [2.45, 2.75) is 49.5 Å². The molecule has 1 aromatic carbocycles. The fraction of sp³-hybridized carbons (Fsp3) is 0.429. The van der Waals surface area contributed by atoms with E-state index >= 15 is 0 Å². The highest BCUT2D eigenvalue weighted by atomic mass is 31.2. The van der Waals surface area contributed by atoms with Gasteiger partial charge in [0.1, 0.15) is 29.8 Å². The predicted octanol–water partition coefficient (Wildman–Crippen LogP) is -0.0746. The normalized spacial score (nSPS) is 22.3. The van der Waals surface area contributed by atoms with Crippen LogP contribution < -0.4 is 16.0 Å². The lowest BCUT2D eigenvalue weighted by Crippen LogP contribution is -2.37. The summed E-state index contributed by atoms with van der Waals surface area (Å²) in [6, 6.07) is 4.84. The van der Waals surface area contributed by atoms with Crippen molar-refractivity contribution >= 4 is 7.60 Å². The van der Waals surface area contributed by atoms with Gasteiger partial charge in [-0.1, -0.05) is 17.3 Å². The molecule has 1 fully saturated rings. The molecule has 1 aliphatic rings. The summed E-state index contributed by atoms with van der Waals surface area (Å²) in [4.78, 5) is 45.0. The van der Waals surface area contributed by atoms with Crippen LogP contribution in [0.4, 0.5) is 17.6 Å². The van der Waals surface area contributed by atoms with Crippen LogP contribution >= 0.6 is 7.60 Å². The molecule has 0 spiro atoms. The minimum absolute atomic E-state index is 0.0153. The van der Waals surface area contributed by atoms with Gasteiger partial charge >= 0.3 is 25.8 Å². The Hall–Kier alpha value is -3.45. The van der Waals surface area contributed by atoms with Crippen molar-refractivity contribution < 1.29 is 56.3 Å². The fourth-order valence-electron chi connectivity index (χ4n) is 3.94. The van der Waals surface area contributed by atoms with Crippen LogP contribution in [-0.2, 0) is 20.6 Å². The number of hydrogen-bond donors (Lipinski definition) is 5. The first-order chi connectivity index (χ1) is 19.2. The SMILES string of the molecule is O=c1ccn([C@@H]2O[C@H](COCc3cn(C(c4cccc(OC(F)(F)C(F)F)c4)P(=O)(O)O)nn3)[C@@H](O)[C@H]2O)c(=O)[nH]1. The third-order valence-corrected chi connectivity index (χ3v) is 6.96. The molecule has 15 nitrogen and oxygen atoms in total. The fourth-order valence-corrected chi connectivity index (χ4v) is 4.91. The van der Waals surface area contributed by atoms with Gasteiger partial charge in [0.15, 0.2) is 12.0 Å². The molecule has 41 heavy (non-hydrogen) atoms. The van der Waals surface area contributed by atoms with Gasteiger partial charge in [0.2, 0.25) is 0 Å². The number of aromatic amines is 1. The highest BCUT2D eigenvalue weighted by Crippen LogP contribution is 2.52. The van der Waals surface area contributed by atoms with Crippen LogP contribution in [-0.4, -0.2) is 82.0 Å². The van der Waals surface area contributed by atoms with Gasteiger partial charge in [0, 0.05) is 12.3 Å². The average Bonchev–Trinajstić information content (AvgIpc) is 3.43. The maximum Gasteiger partial charge on any atom is 0.461 e. The van der Waals surface area contributed by atoms with Crippen LogP contribution in [0.15, 0.2) is 52.3 Å². The zero-order chi connectivity index (χ0) is 30.1. The number of benzene rings is 1. The highest BCUT2D eigenvalue weighted by Gasteiger charge is 2.45. The molecule has 5 N–H and O–H groups in total. The number of hydrogen-bond acceptors (Lipinski definition) is 10. The number of ether oxygens (including phenoxy) is 3. The van der Waals surface area contributed by atoms with E-state index in [0.717, 1.165) is 47.3 Å². The molecule has 2 aromatic heterocycles. The standard InChI is InChI=1S/C21H22F4N5O10P/c22-19(23)21(24,25)40-12-3-1-2-10(6-12)18(41(35,36)37)30-7-11(27-28-30)8-38-9-13-15(32)16(33)17(39-13)29-5-4-14(31)26-20(29)34/h1-7,13,15-19,32-33H,8-9H2,(H,26,31,34)(H2,35,36,37)/t13-,15-,16-,17-,18?/m1/s1. The molecule has 0 aliphatic carbocycles. The second-order valence-electron chi connectivity index (χ2n) is 8.77. The van der Waals surface area contributed by atoms with E-state index in [0.29, 0.717) is 4.68 Å². The topological polar surface area (TPSA) is 211 Å². The Bertz CT molecular complexity index is 1530. The molecule has 1 saturated heterocycles. The number of aliphatic hydroxyl groups is 2. The first kappa shape index (κ1) is 30.5. The van der Waals surface area contributed by atoms with E-state index in [4.69, 9.17) is 9.47 Å². The van der Waals surface area contributed by atoms with Crippen molar-refractivity contribution in [3.63, 3.8) is 0 Å². The molecule has 0 bridgehead atoms. The molecule has 3 aromatic rings. The third kappa shape index (κ3) is 6.89. The van der Waals surface area contributed by atoms with Crippen LogP contribution in [0.2, 0.25) is 0 Å². The first-order valence-electron chi connectivity index (χ1n) is 11.5. The molecular weight excluding hydrogens is 589 g/mol. The van der Waals surface area contributed by atoms with E-state index in [1.165, 1.54) is 0 Å². The maximum absolute atomic E-state index is 13.3. The zero-order valence-electron chi connectivity index (χ0n) is 20.4. The second kappa shape index (κ2) is 11.8. The number of nitrogens with zero attached hydrogens (tertiary/aromatic N) is 4. The Morgan fingerprint density at radius 2 is 1.90 bits per heavy atom. The number of nitrogens with one attached hydrogen (secondary N) is 1. The van der Waals surface area contributed by atoms with Crippen LogP contribution in [0.1, 0.15) is 23.3 Å². The van der Waals surface area contributed by atoms with Crippen LogP contribution in [0.25, 0.3) is 0 Å². The number of aliphatic hydroxyl groups excluding tert-OH is 2. The van der Waals surface area contributed by atoms with E-state index in [9.17, 15) is 51.7 Å². The molecule has 3 heterocycles. The lowest BCUT2D eigenvalue weighted by molar-refractivity contribution is -0.253. The lowest BCUT2D eigenvalue weighted by atomic mass is 10.1. The van der Waals surface area contributed by atoms with Crippen molar-refractivity contribution in [1.82, 2.24) is 24.5 Å². The molecule has 0 saturated carbocycles. The molecule has 0 radical (unpaired) electrons. The van der Waals surface area contributed by atoms with Crippen molar-refractivity contribution in [2.75, 3.05) is 6.61 Å². The Labute approximate surface area is 225 Å². The quantitative estimate of drug-likeness (QED) is 0.142. The molecular formula is C21H22F4N5O10P. The van der Waals surface area contributed by atoms with Gasteiger partial charge in [-0.3, -0.25) is 18.9 Å². The van der Waals surface area contributed by atoms with Crippen molar-refractivity contribution in [1.29, 1.82) is 0 Å². The molecule has 5 atom stereocenters. The molecule has 4 rings (SSSR count). The highest BCUT2D eigenvalue weighted by molar-refractivity contribution is 7.52. The molecule has 224 valence electrons. The summed E-state index contributed by atoms with van der Waals surface area (Å²) in [5.74, 6) is -2.69. The zero-order valence-corrected chi connectivity index (χ0v) is 21.3. The minimum atomic E-state index is -5.10. The van der Waals surface area contributed by atoms with Crippen molar-refractivity contribution in [2.24, 2.45) is 0 Å². The summed E-state index contributed by atoms with van der Waals surface area (Å²) in [6.07, 6.45) is -12.4. The van der Waals surface area contributed by atoms with Crippen molar-refractivity contribution in [3.8, 4) is 5.75 Å². The van der Waals surface area contributed by atoms with Crippen LogP contribution in [0.3, 0.4) is 0 Å². The van der Waals surface area contributed by atoms with Crippen LogP contribution in [0, 0.1) is 0 Å². The summed E-state index contributed by atoms with van der Waals surface area (Å²) in [5.41, 5.74) is -1.85. The van der Waals surface area contributed by atoms with Crippen LogP contribution in [0.5, 0.6) is 5.75 Å². The minimum Gasteiger partial charge on any atom is -0.428 e. The van der Waals surface area contributed by atoms with E-state index in [1.54, 1.807) is 0 Å². The maximum atomic E-state index is 13.3. The molecule has 1 aliphatic heterocycles. The molecule has 0 amide bonds. The predicted molar refractivity (Wildman–Crippen MR) is 125 cm³/mol. The van der Waals surface area contributed by atoms with Gasteiger partial charge in [-0.05, 0) is 17.7 Å². The first-order valence-corrected chi connectivity index (χ1v) is 13.2. The summed E-state index contributed by atoms with van der Waals surface area (Å²) >= 11 is 0. The smallest absolute Gasteiger partial charge is 0.428 e. The number of alkyl halides is 4. The summed E-state index contributed by atoms with van der Waals surface area (Å²) in [6.45, 7) is -0.692. The monoisotopic (exact) mass is 611 g/mol. The van der Waals surface area contributed by atoms with Gasteiger partial charge in [-0.25, -0.2) is 9.48 Å². The average molecular weight is 611 g/mol. The van der Waals surface area contributed by atoms with E-state index in [2.05, 4.69) is 15.0 Å². The number of aromatic nitrogens is 5. The van der Waals surface area contributed by atoms with E-state index < -0.39 is 67.5 Å². The van der Waals surface area contributed by atoms with Gasteiger partial charge in [0.05, 0.1) is 19.4 Å². The second-order valence-corrected chi connectivity index (χ2v) is 10.4. The lowest BCUT2D eigenvalue weighted by Gasteiger charge is -2.21. The Balaban J connectivity index is 1.43. The van der Waals surface area contributed by atoms with Gasteiger partial charge in [0.25, 0.3) is 5.56 Å². The van der Waals surface area contributed by atoms with Gasteiger partial charge in [-0.2, -0.15) is 17.6 Å². The van der Waals surface area contributed by atoms with E-state index in [-0.39, 0.29) is 24.5 Å². The number of H-pyrrole nitrogens is 1. The Morgan fingerprint density at radius 3 is 2.56 bits per heavy atom. The molecule has 20 heteroatoms. The molecule has 1 unspecified atom stereocenters. The summed E-state index contributed by atoms with van der Waals surface area (Å²) < 4.78 is 80.3. The number of halogens is 4. The summed E-state index contributed by atoms with van der Waals surface area (Å²) in [7, 11) is -5.10.